The summed E-state index contributed by atoms with van der Waals surface area (Å²) < 4.78 is 0. The van der Waals surface area contributed by atoms with Crippen molar-refractivity contribution in [2.45, 2.75) is 46.2 Å². The summed E-state index contributed by atoms with van der Waals surface area (Å²) in [5.41, 5.74) is 6.14. The first kappa shape index (κ1) is 19.3. The zero-order valence-electron chi connectivity index (χ0n) is 17.8. The van der Waals surface area contributed by atoms with Crippen molar-refractivity contribution in [3.05, 3.63) is 95.1 Å². The second-order valence-electron chi connectivity index (χ2n) is 8.63. The number of hydrogen-bond donors (Lipinski definition) is 0. The van der Waals surface area contributed by atoms with Gasteiger partial charge >= 0.3 is 6.03 Å². The van der Waals surface area contributed by atoms with E-state index in [0.717, 1.165) is 16.9 Å². The van der Waals surface area contributed by atoms with Crippen LogP contribution in [0.2, 0.25) is 0 Å². The van der Waals surface area contributed by atoms with Gasteiger partial charge < -0.3 is 0 Å². The van der Waals surface area contributed by atoms with Crippen LogP contribution in [0, 0.1) is 20.8 Å². The number of amides is 2. The van der Waals surface area contributed by atoms with Crippen LogP contribution >= 0.6 is 0 Å². The van der Waals surface area contributed by atoms with Gasteiger partial charge in [0.15, 0.2) is 0 Å². The summed E-state index contributed by atoms with van der Waals surface area (Å²) in [5.74, 6) is 0. The van der Waals surface area contributed by atoms with E-state index in [1.165, 1.54) is 16.7 Å². The molecule has 3 aromatic rings. The lowest BCUT2D eigenvalue weighted by atomic mass is 9.87. The van der Waals surface area contributed by atoms with Crippen LogP contribution in [-0.4, -0.2) is 11.6 Å². The number of aryl methyl sites for hydroxylation is 3. The second kappa shape index (κ2) is 7.07. The molecule has 29 heavy (non-hydrogen) atoms. The van der Waals surface area contributed by atoms with E-state index in [9.17, 15) is 4.79 Å². The van der Waals surface area contributed by atoms with Crippen molar-refractivity contribution in [3.63, 3.8) is 0 Å². The van der Waals surface area contributed by atoms with E-state index in [-0.39, 0.29) is 12.1 Å². The smallest absolute Gasteiger partial charge is 0.286 e. The average molecular weight is 385 g/mol. The maximum Gasteiger partial charge on any atom is 0.330 e. The minimum atomic E-state index is -0.426. The number of carbonyl (C=O) groups excluding carboxylic acids is 1. The molecule has 0 radical (unpaired) electrons. The van der Waals surface area contributed by atoms with E-state index in [1.807, 2.05) is 34.1 Å². The van der Waals surface area contributed by atoms with Crippen LogP contribution in [0.1, 0.15) is 42.1 Å². The fourth-order valence-electron chi connectivity index (χ4n) is 4.40. The minimum absolute atomic E-state index is 0.00853. The fourth-order valence-corrected chi connectivity index (χ4v) is 4.40. The standard InChI is InChI=1S/C26H28N2O/c1-18-9-13-22(14-10-18)27-24(21-8-6-7-20(3)17-21)26(4,5)28(25(27)29)23-15-11-19(2)12-16-23/h6-17,24H,1-5H3/t24-/m1/s1. The van der Waals surface area contributed by atoms with Gasteiger partial charge in [0, 0.05) is 11.4 Å². The topological polar surface area (TPSA) is 23.6 Å². The summed E-state index contributed by atoms with van der Waals surface area (Å²) in [7, 11) is 0. The molecule has 1 fully saturated rings. The number of hydrogen-bond acceptors (Lipinski definition) is 1. The first-order chi connectivity index (χ1) is 13.8. The number of benzene rings is 3. The van der Waals surface area contributed by atoms with Crippen molar-refractivity contribution in [3.8, 4) is 0 Å². The van der Waals surface area contributed by atoms with Crippen molar-refractivity contribution < 1.29 is 4.79 Å². The number of rotatable bonds is 3. The van der Waals surface area contributed by atoms with Gasteiger partial charge in [0.1, 0.15) is 0 Å². The molecule has 0 unspecified atom stereocenters. The molecular formula is C26H28N2O. The Morgan fingerprint density at radius 1 is 0.724 bits per heavy atom. The zero-order valence-corrected chi connectivity index (χ0v) is 17.8. The Morgan fingerprint density at radius 2 is 1.28 bits per heavy atom. The highest BCUT2D eigenvalue weighted by Gasteiger charge is 2.53. The van der Waals surface area contributed by atoms with Gasteiger partial charge in [0.2, 0.25) is 0 Å². The molecule has 2 amide bonds. The summed E-state index contributed by atoms with van der Waals surface area (Å²) in [4.78, 5) is 17.7. The van der Waals surface area contributed by atoms with Gasteiger partial charge in [-0.25, -0.2) is 4.79 Å². The van der Waals surface area contributed by atoms with Crippen LogP contribution in [0.3, 0.4) is 0 Å². The lowest BCUT2D eigenvalue weighted by Crippen LogP contribution is -2.43. The number of nitrogens with zero attached hydrogens (tertiary/aromatic N) is 2. The molecule has 0 bridgehead atoms. The van der Waals surface area contributed by atoms with E-state index in [2.05, 4.69) is 83.1 Å². The van der Waals surface area contributed by atoms with Crippen molar-refractivity contribution in [2.24, 2.45) is 0 Å². The highest BCUT2D eigenvalue weighted by atomic mass is 16.2. The van der Waals surface area contributed by atoms with Gasteiger partial charge in [0.25, 0.3) is 0 Å². The van der Waals surface area contributed by atoms with Gasteiger partial charge in [-0.05, 0) is 64.4 Å². The zero-order chi connectivity index (χ0) is 20.8. The molecule has 0 aromatic heterocycles. The first-order valence-corrected chi connectivity index (χ1v) is 10.1. The number of carbonyl (C=O) groups is 1. The minimum Gasteiger partial charge on any atom is -0.286 e. The molecular weight excluding hydrogens is 356 g/mol. The highest BCUT2D eigenvalue weighted by molar-refractivity contribution is 6.08. The quantitative estimate of drug-likeness (QED) is 0.500. The molecule has 3 aromatic carbocycles. The molecule has 148 valence electrons. The van der Waals surface area contributed by atoms with Gasteiger partial charge in [-0.1, -0.05) is 65.2 Å². The van der Waals surface area contributed by atoms with Crippen LogP contribution in [0.25, 0.3) is 0 Å². The van der Waals surface area contributed by atoms with Crippen LogP contribution < -0.4 is 9.80 Å². The molecule has 0 N–H and O–H groups in total. The summed E-state index contributed by atoms with van der Waals surface area (Å²) in [6.07, 6.45) is 0. The molecule has 0 aliphatic carbocycles. The van der Waals surface area contributed by atoms with Crippen LogP contribution in [0.15, 0.2) is 72.8 Å². The maximum absolute atomic E-state index is 13.8. The maximum atomic E-state index is 13.8. The normalized spacial score (nSPS) is 18.4. The first-order valence-electron chi connectivity index (χ1n) is 10.1. The molecule has 1 atom stereocenters. The van der Waals surface area contributed by atoms with E-state index < -0.39 is 5.54 Å². The van der Waals surface area contributed by atoms with E-state index in [4.69, 9.17) is 0 Å². The van der Waals surface area contributed by atoms with Crippen molar-refractivity contribution >= 4 is 17.4 Å². The van der Waals surface area contributed by atoms with E-state index in [1.54, 1.807) is 0 Å². The van der Waals surface area contributed by atoms with Crippen LogP contribution in [-0.2, 0) is 0 Å². The van der Waals surface area contributed by atoms with Crippen molar-refractivity contribution in [2.75, 3.05) is 9.80 Å². The lowest BCUT2D eigenvalue weighted by Gasteiger charge is -2.35. The molecule has 0 spiro atoms. The molecule has 3 nitrogen and oxygen atoms in total. The molecule has 1 saturated heterocycles. The van der Waals surface area contributed by atoms with Gasteiger partial charge in [-0.3, -0.25) is 9.80 Å². The van der Waals surface area contributed by atoms with Gasteiger partial charge in [-0.15, -0.1) is 0 Å². The Morgan fingerprint density at radius 3 is 1.83 bits per heavy atom. The molecule has 1 heterocycles. The highest BCUT2D eigenvalue weighted by Crippen LogP contribution is 2.47. The average Bonchev–Trinajstić information content (AvgIpc) is 2.89. The van der Waals surface area contributed by atoms with E-state index >= 15 is 0 Å². The Hall–Kier alpha value is -3.07. The largest absolute Gasteiger partial charge is 0.330 e. The number of anilines is 2. The molecule has 1 aliphatic rings. The molecule has 1 aliphatic heterocycles. The van der Waals surface area contributed by atoms with Crippen LogP contribution in [0.5, 0.6) is 0 Å². The Kier molecular flexibility index (Phi) is 4.70. The monoisotopic (exact) mass is 384 g/mol. The second-order valence-corrected chi connectivity index (χ2v) is 8.63. The molecule has 0 saturated carbocycles. The predicted octanol–water partition coefficient (Wildman–Crippen LogP) is 6.58. The third-order valence-corrected chi connectivity index (χ3v) is 5.86. The van der Waals surface area contributed by atoms with Gasteiger partial charge in [-0.2, -0.15) is 0 Å². The summed E-state index contributed by atoms with van der Waals surface area (Å²) >= 11 is 0. The Bertz CT molecular complexity index is 1040. The summed E-state index contributed by atoms with van der Waals surface area (Å²) in [5, 5.41) is 0. The summed E-state index contributed by atoms with van der Waals surface area (Å²) in [6, 6.07) is 24.9. The summed E-state index contributed by atoms with van der Waals surface area (Å²) in [6.45, 7) is 10.5. The Balaban J connectivity index is 1.90. The predicted molar refractivity (Wildman–Crippen MR) is 121 cm³/mol. The lowest BCUT2D eigenvalue weighted by molar-refractivity contribution is 0.254. The molecule has 4 rings (SSSR count). The molecule has 3 heteroatoms. The van der Waals surface area contributed by atoms with Gasteiger partial charge in [0.05, 0.1) is 11.6 Å². The van der Waals surface area contributed by atoms with Crippen molar-refractivity contribution in [1.82, 2.24) is 0 Å². The fraction of sp³-hybridized carbons (Fsp3) is 0.269. The van der Waals surface area contributed by atoms with Crippen molar-refractivity contribution in [1.29, 1.82) is 0 Å². The third-order valence-electron chi connectivity index (χ3n) is 5.86. The number of urea groups is 1. The van der Waals surface area contributed by atoms with E-state index in [0.29, 0.717) is 0 Å². The third kappa shape index (κ3) is 3.31. The SMILES string of the molecule is Cc1ccc(N2C(=O)N(c3ccc(C)cc3)C(C)(C)[C@H]2c2cccc(C)c2)cc1. The van der Waals surface area contributed by atoms with Crippen LogP contribution in [0.4, 0.5) is 16.2 Å². The Labute approximate surface area is 173 Å².